The van der Waals surface area contributed by atoms with E-state index in [4.69, 9.17) is 4.52 Å². The topological polar surface area (TPSA) is 75.4 Å². The molecule has 0 aromatic carbocycles. The second-order valence-corrected chi connectivity index (χ2v) is 8.61. The molecule has 0 aliphatic carbocycles. The molecule has 0 saturated carbocycles. The third-order valence-corrected chi connectivity index (χ3v) is 6.65. The average Bonchev–Trinajstić information content (AvgIpc) is 3.09. The van der Waals surface area contributed by atoms with Gasteiger partial charge in [-0.2, -0.15) is 0 Å². The van der Waals surface area contributed by atoms with Crippen LogP contribution in [0.5, 0.6) is 0 Å². The van der Waals surface area contributed by atoms with E-state index in [0.29, 0.717) is 11.5 Å². The largest absolute Gasteiger partial charge is 0.360 e. The van der Waals surface area contributed by atoms with Crippen LogP contribution in [0, 0.1) is 13.8 Å². The molecule has 0 radical (unpaired) electrons. The Morgan fingerprint density at radius 1 is 1.48 bits per heavy atom. The second-order valence-electron chi connectivity index (χ2n) is 5.93. The van der Waals surface area contributed by atoms with Gasteiger partial charge in [-0.1, -0.05) is 11.2 Å². The summed E-state index contributed by atoms with van der Waals surface area (Å²) in [5.41, 5.74) is 0.404. The molecule has 126 valence electrons. The Morgan fingerprint density at radius 2 is 2.30 bits per heavy atom. The summed E-state index contributed by atoms with van der Waals surface area (Å²) in [7, 11) is -3.59. The molecule has 1 fully saturated rings. The number of thiophene rings is 1. The Morgan fingerprint density at radius 3 is 2.96 bits per heavy atom. The molecule has 8 heteroatoms. The minimum absolute atomic E-state index is 0.0811. The van der Waals surface area contributed by atoms with Crippen molar-refractivity contribution in [1.82, 2.24) is 14.8 Å². The van der Waals surface area contributed by atoms with Crippen molar-refractivity contribution in [3.05, 3.63) is 33.8 Å². The zero-order valence-electron chi connectivity index (χ0n) is 13.3. The lowest BCUT2D eigenvalue weighted by Crippen LogP contribution is -2.47. The van der Waals surface area contributed by atoms with E-state index in [9.17, 15) is 8.42 Å². The van der Waals surface area contributed by atoms with Gasteiger partial charge in [0.2, 0.25) is 10.0 Å². The molecule has 0 bridgehead atoms. The number of hydrogen-bond donors (Lipinski definition) is 1. The fourth-order valence-corrected chi connectivity index (χ4v) is 5.39. The normalized spacial score (nSPS) is 20.0. The lowest BCUT2D eigenvalue weighted by atomic mass is 10.1. The van der Waals surface area contributed by atoms with Crippen LogP contribution in [0.25, 0.3) is 0 Å². The summed E-state index contributed by atoms with van der Waals surface area (Å²) in [6, 6.07) is 4.08. The summed E-state index contributed by atoms with van der Waals surface area (Å²) in [6.07, 6.45) is 1.84. The maximum absolute atomic E-state index is 12.6. The zero-order chi connectivity index (χ0) is 16.4. The Balaban J connectivity index is 1.67. The van der Waals surface area contributed by atoms with Crippen molar-refractivity contribution in [2.24, 2.45) is 0 Å². The van der Waals surface area contributed by atoms with E-state index in [1.807, 2.05) is 6.07 Å². The van der Waals surface area contributed by atoms with Crippen molar-refractivity contribution in [3.8, 4) is 0 Å². The number of aryl methyl sites for hydroxylation is 2. The van der Waals surface area contributed by atoms with Crippen LogP contribution in [0.1, 0.15) is 29.2 Å². The zero-order valence-corrected chi connectivity index (χ0v) is 14.9. The molecule has 0 unspecified atom stereocenters. The minimum Gasteiger partial charge on any atom is -0.360 e. The first-order valence-electron chi connectivity index (χ1n) is 7.65. The molecule has 23 heavy (non-hydrogen) atoms. The number of aromatic nitrogens is 1. The van der Waals surface area contributed by atoms with E-state index in [1.54, 1.807) is 25.2 Å². The Kier molecular flexibility index (Phi) is 4.86. The lowest BCUT2D eigenvalue weighted by molar-refractivity contribution is 0.196. The van der Waals surface area contributed by atoms with Crippen molar-refractivity contribution in [2.45, 2.75) is 44.2 Å². The van der Waals surface area contributed by atoms with Gasteiger partial charge in [0.1, 0.15) is 10.6 Å². The molecule has 3 heterocycles. The molecular weight excluding hydrogens is 334 g/mol. The number of nitrogens with one attached hydrogen (secondary N) is 1. The number of nitrogens with zero attached hydrogens (tertiary/aromatic N) is 2. The van der Waals surface area contributed by atoms with Crippen molar-refractivity contribution in [2.75, 3.05) is 13.1 Å². The SMILES string of the molecule is Cc1noc(C)c1S(=O)(=O)N[C@@H]1CCCN(Cc2cccs2)C1. The van der Waals surface area contributed by atoms with Gasteiger partial charge < -0.3 is 4.52 Å². The highest BCUT2D eigenvalue weighted by Gasteiger charge is 2.29. The van der Waals surface area contributed by atoms with Gasteiger partial charge in [-0.05, 0) is 44.7 Å². The van der Waals surface area contributed by atoms with Crippen LogP contribution in [0.3, 0.4) is 0 Å². The molecule has 2 aromatic heterocycles. The van der Waals surface area contributed by atoms with Crippen LogP contribution in [-0.4, -0.2) is 37.6 Å². The van der Waals surface area contributed by atoms with Crippen molar-refractivity contribution < 1.29 is 12.9 Å². The quantitative estimate of drug-likeness (QED) is 0.891. The minimum atomic E-state index is -3.59. The van der Waals surface area contributed by atoms with Gasteiger partial charge in [-0.25, -0.2) is 13.1 Å². The van der Waals surface area contributed by atoms with Gasteiger partial charge >= 0.3 is 0 Å². The molecule has 1 aliphatic rings. The van der Waals surface area contributed by atoms with Crippen LogP contribution in [-0.2, 0) is 16.6 Å². The van der Waals surface area contributed by atoms with Crippen LogP contribution >= 0.6 is 11.3 Å². The van der Waals surface area contributed by atoms with E-state index >= 15 is 0 Å². The van der Waals surface area contributed by atoms with Crippen molar-refractivity contribution >= 4 is 21.4 Å². The van der Waals surface area contributed by atoms with E-state index < -0.39 is 10.0 Å². The lowest BCUT2D eigenvalue weighted by Gasteiger charge is -2.32. The van der Waals surface area contributed by atoms with E-state index in [0.717, 1.165) is 32.5 Å². The van der Waals surface area contributed by atoms with Crippen LogP contribution in [0.2, 0.25) is 0 Å². The standard InChI is InChI=1S/C15H21N3O3S2/c1-11-15(12(2)21-16-11)23(19,20)17-13-5-3-7-18(9-13)10-14-6-4-8-22-14/h4,6,8,13,17H,3,5,7,9-10H2,1-2H3/t13-/m1/s1. The van der Waals surface area contributed by atoms with Crippen molar-refractivity contribution in [1.29, 1.82) is 0 Å². The third-order valence-electron chi connectivity index (χ3n) is 4.02. The Hall–Kier alpha value is -1.22. The predicted octanol–water partition coefficient (Wildman–Crippen LogP) is 2.30. The molecule has 2 aromatic rings. The summed E-state index contributed by atoms with van der Waals surface area (Å²) in [5.74, 6) is 0.334. The molecule has 1 saturated heterocycles. The molecular formula is C15H21N3O3S2. The fourth-order valence-electron chi connectivity index (χ4n) is 3.05. The van der Waals surface area contributed by atoms with Crippen molar-refractivity contribution in [3.63, 3.8) is 0 Å². The van der Waals surface area contributed by atoms with E-state index in [-0.39, 0.29) is 10.9 Å². The maximum atomic E-state index is 12.6. The Labute approximate surface area is 140 Å². The maximum Gasteiger partial charge on any atom is 0.246 e. The summed E-state index contributed by atoms with van der Waals surface area (Å²) >= 11 is 1.73. The van der Waals surface area contributed by atoms with Gasteiger partial charge in [0.15, 0.2) is 5.76 Å². The van der Waals surface area contributed by atoms with Gasteiger partial charge in [0.05, 0.1) is 0 Å². The molecule has 1 N–H and O–H groups in total. The summed E-state index contributed by atoms with van der Waals surface area (Å²) in [6.45, 7) is 5.87. The van der Waals surface area contributed by atoms with Gasteiger partial charge in [-0.15, -0.1) is 11.3 Å². The number of piperidine rings is 1. The summed E-state index contributed by atoms with van der Waals surface area (Å²) in [4.78, 5) is 3.78. The second kappa shape index (κ2) is 6.72. The summed E-state index contributed by atoms with van der Waals surface area (Å²) < 4.78 is 33.0. The van der Waals surface area contributed by atoms with Gasteiger partial charge in [0, 0.05) is 24.0 Å². The number of hydrogen-bond acceptors (Lipinski definition) is 6. The number of likely N-dealkylation sites (tertiary alicyclic amines) is 1. The highest BCUT2D eigenvalue weighted by atomic mass is 32.2. The van der Waals surface area contributed by atoms with Crippen LogP contribution in [0.4, 0.5) is 0 Å². The number of rotatable bonds is 5. The fraction of sp³-hybridized carbons (Fsp3) is 0.533. The molecule has 0 amide bonds. The first-order valence-corrected chi connectivity index (χ1v) is 10.0. The van der Waals surface area contributed by atoms with Crippen LogP contribution < -0.4 is 4.72 Å². The van der Waals surface area contributed by atoms with E-state index in [2.05, 4.69) is 26.2 Å². The molecule has 6 nitrogen and oxygen atoms in total. The van der Waals surface area contributed by atoms with Gasteiger partial charge in [0.25, 0.3) is 0 Å². The monoisotopic (exact) mass is 355 g/mol. The molecule has 1 aliphatic heterocycles. The smallest absolute Gasteiger partial charge is 0.246 e. The summed E-state index contributed by atoms with van der Waals surface area (Å²) in [5, 5.41) is 5.80. The first kappa shape index (κ1) is 16.6. The third kappa shape index (κ3) is 3.82. The van der Waals surface area contributed by atoms with Gasteiger partial charge in [-0.3, -0.25) is 4.90 Å². The number of sulfonamides is 1. The highest BCUT2D eigenvalue weighted by Crippen LogP contribution is 2.21. The highest BCUT2D eigenvalue weighted by molar-refractivity contribution is 7.89. The van der Waals surface area contributed by atoms with E-state index in [1.165, 1.54) is 4.88 Å². The van der Waals surface area contributed by atoms with Crippen LogP contribution in [0.15, 0.2) is 26.9 Å². The Bertz CT molecular complexity index is 734. The molecule has 0 spiro atoms. The molecule has 3 rings (SSSR count). The molecule has 1 atom stereocenters. The first-order chi connectivity index (χ1) is 11.0. The average molecular weight is 355 g/mol. The predicted molar refractivity (Wildman–Crippen MR) is 88.9 cm³/mol.